The van der Waals surface area contributed by atoms with Gasteiger partial charge in [0, 0.05) is 8.95 Å². The largest absolute Gasteiger partial charge is 0.271 e. The van der Waals surface area contributed by atoms with Crippen LogP contribution in [0.5, 0.6) is 0 Å². The molecule has 0 amide bonds. The zero-order valence-corrected chi connectivity index (χ0v) is 11.9. The van der Waals surface area contributed by atoms with Crippen molar-refractivity contribution in [2.24, 2.45) is 5.84 Å². The zero-order chi connectivity index (χ0) is 11.4. The molecule has 1 unspecified atom stereocenters. The Morgan fingerprint density at radius 2 is 2.07 bits per heavy atom. The molecule has 1 aromatic carbocycles. The minimum absolute atomic E-state index is 0.0393. The van der Waals surface area contributed by atoms with Gasteiger partial charge in [0.25, 0.3) is 0 Å². The lowest BCUT2D eigenvalue weighted by atomic mass is 10.1. The summed E-state index contributed by atoms with van der Waals surface area (Å²) in [6, 6.07) is 6.09. The predicted molar refractivity (Wildman–Crippen MR) is 71.3 cm³/mol. The molecule has 3 N–H and O–H groups in total. The molecule has 0 aromatic heterocycles. The first-order chi connectivity index (χ1) is 7.04. The molecule has 15 heavy (non-hydrogen) atoms. The number of halogens is 2. The molecule has 0 aliphatic heterocycles. The highest BCUT2D eigenvalue weighted by Crippen LogP contribution is 2.27. The highest BCUT2D eigenvalue weighted by atomic mass is 79.9. The Labute approximate surface area is 107 Å². The Kier molecular flexibility index (Phi) is 4.99. The summed E-state index contributed by atoms with van der Waals surface area (Å²) in [6.07, 6.45) is 2.09. The summed E-state index contributed by atoms with van der Waals surface area (Å²) in [5.74, 6) is 5.53. The van der Waals surface area contributed by atoms with E-state index in [1.165, 1.54) is 5.57 Å². The third kappa shape index (κ3) is 3.72. The standard InChI is InChI=1S/C11H14Br2N2/c1-7(2)5-11(15-14)9-4-3-8(12)6-10(9)13/h3-6,11,15H,14H2,1-2H3. The average Bonchev–Trinajstić information content (AvgIpc) is 2.14. The zero-order valence-electron chi connectivity index (χ0n) is 8.72. The number of benzene rings is 1. The van der Waals surface area contributed by atoms with E-state index in [1.54, 1.807) is 0 Å². The number of nitrogens with one attached hydrogen (secondary N) is 1. The normalized spacial score (nSPS) is 12.3. The number of hydrogen-bond donors (Lipinski definition) is 2. The van der Waals surface area contributed by atoms with Crippen molar-refractivity contribution in [2.75, 3.05) is 0 Å². The fourth-order valence-electron chi connectivity index (χ4n) is 1.31. The van der Waals surface area contributed by atoms with Gasteiger partial charge in [-0.2, -0.15) is 0 Å². The van der Waals surface area contributed by atoms with E-state index in [-0.39, 0.29) is 6.04 Å². The quantitative estimate of drug-likeness (QED) is 0.503. The third-order valence-electron chi connectivity index (χ3n) is 1.98. The van der Waals surface area contributed by atoms with Crippen LogP contribution >= 0.6 is 31.9 Å². The maximum absolute atomic E-state index is 5.53. The molecule has 1 rings (SSSR count). The van der Waals surface area contributed by atoms with Gasteiger partial charge in [-0.05, 0) is 31.5 Å². The monoisotopic (exact) mass is 332 g/mol. The van der Waals surface area contributed by atoms with Crippen LogP contribution in [0.4, 0.5) is 0 Å². The molecule has 4 heteroatoms. The van der Waals surface area contributed by atoms with Crippen molar-refractivity contribution in [3.05, 3.63) is 44.4 Å². The summed E-state index contributed by atoms with van der Waals surface area (Å²) in [4.78, 5) is 0. The van der Waals surface area contributed by atoms with Crippen LogP contribution in [0.1, 0.15) is 25.5 Å². The van der Waals surface area contributed by atoms with E-state index in [0.29, 0.717) is 0 Å². The smallest absolute Gasteiger partial charge is 0.0654 e. The first kappa shape index (κ1) is 12.9. The Bertz CT molecular complexity index is 371. The van der Waals surface area contributed by atoms with Gasteiger partial charge in [0.2, 0.25) is 0 Å². The third-order valence-corrected chi connectivity index (χ3v) is 3.16. The van der Waals surface area contributed by atoms with Crippen LogP contribution in [0.15, 0.2) is 38.8 Å². The number of hydrazine groups is 1. The Morgan fingerprint density at radius 1 is 1.40 bits per heavy atom. The van der Waals surface area contributed by atoms with Gasteiger partial charge in [-0.25, -0.2) is 5.43 Å². The van der Waals surface area contributed by atoms with E-state index in [2.05, 4.69) is 57.2 Å². The average molecular weight is 334 g/mol. The molecular formula is C11H14Br2N2. The SMILES string of the molecule is CC(C)=CC(NN)c1ccc(Br)cc1Br. The van der Waals surface area contributed by atoms with Crippen LogP contribution in [-0.4, -0.2) is 0 Å². The fraction of sp³-hybridized carbons (Fsp3) is 0.273. The summed E-state index contributed by atoms with van der Waals surface area (Å²) in [6.45, 7) is 4.11. The lowest BCUT2D eigenvalue weighted by Gasteiger charge is -2.14. The molecule has 0 heterocycles. The van der Waals surface area contributed by atoms with Crippen molar-refractivity contribution in [1.29, 1.82) is 0 Å². The van der Waals surface area contributed by atoms with Gasteiger partial charge in [0.15, 0.2) is 0 Å². The number of hydrogen-bond acceptors (Lipinski definition) is 2. The predicted octanol–water partition coefficient (Wildman–Crippen LogP) is 3.68. The first-order valence-electron chi connectivity index (χ1n) is 4.60. The molecule has 0 saturated carbocycles. The van der Waals surface area contributed by atoms with E-state index in [1.807, 2.05) is 18.2 Å². The lowest BCUT2D eigenvalue weighted by molar-refractivity contribution is 0.649. The summed E-state index contributed by atoms with van der Waals surface area (Å²) in [5.41, 5.74) is 5.14. The molecule has 0 aliphatic carbocycles. The fourth-order valence-corrected chi connectivity index (χ4v) is 2.61. The van der Waals surface area contributed by atoms with Crippen molar-refractivity contribution in [3.63, 3.8) is 0 Å². The number of allylic oxidation sites excluding steroid dienone is 1. The molecule has 0 aliphatic rings. The highest BCUT2D eigenvalue weighted by Gasteiger charge is 2.10. The van der Waals surface area contributed by atoms with Gasteiger partial charge in [-0.3, -0.25) is 5.84 Å². The summed E-state index contributed by atoms with van der Waals surface area (Å²) in [5, 5.41) is 0. The van der Waals surface area contributed by atoms with Crippen molar-refractivity contribution < 1.29 is 0 Å². The van der Waals surface area contributed by atoms with Gasteiger partial charge in [-0.15, -0.1) is 0 Å². The van der Waals surface area contributed by atoms with Gasteiger partial charge in [0.1, 0.15) is 0 Å². The molecule has 0 radical (unpaired) electrons. The van der Waals surface area contributed by atoms with E-state index < -0.39 is 0 Å². The molecule has 0 saturated heterocycles. The van der Waals surface area contributed by atoms with Crippen molar-refractivity contribution in [3.8, 4) is 0 Å². The lowest BCUT2D eigenvalue weighted by Crippen LogP contribution is -2.27. The van der Waals surface area contributed by atoms with Gasteiger partial charge < -0.3 is 0 Å². The van der Waals surface area contributed by atoms with Gasteiger partial charge in [0.05, 0.1) is 6.04 Å². The van der Waals surface area contributed by atoms with Crippen molar-refractivity contribution in [2.45, 2.75) is 19.9 Å². The highest BCUT2D eigenvalue weighted by molar-refractivity contribution is 9.11. The van der Waals surface area contributed by atoms with E-state index in [9.17, 15) is 0 Å². The van der Waals surface area contributed by atoms with E-state index in [4.69, 9.17) is 5.84 Å². The van der Waals surface area contributed by atoms with Gasteiger partial charge in [-0.1, -0.05) is 49.6 Å². The topological polar surface area (TPSA) is 38.0 Å². The maximum atomic E-state index is 5.53. The van der Waals surface area contributed by atoms with Crippen molar-refractivity contribution in [1.82, 2.24) is 5.43 Å². The molecule has 1 aromatic rings. The molecule has 0 spiro atoms. The molecule has 2 nitrogen and oxygen atoms in total. The molecular weight excluding hydrogens is 320 g/mol. The minimum atomic E-state index is 0.0393. The van der Waals surface area contributed by atoms with E-state index in [0.717, 1.165) is 14.5 Å². The second kappa shape index (κ2) is 5.80. The number of rotatable bonds is 3. The second-order valence-electron chi connectivity index (χ2n) is 3.55. The van der Waals surface area contributed by atoms with Crippen LogP contribution in [0.2, 0.25) is 0 Å². The van der Waals surface area contributed by atoms with Crippen LogP contribution in [0.25, 0.3) is 0 Å². The molecule has 82 valence electrons. The summed E-state index contributed by atoms with van der Waals surface area (Å²) in [7, 11) is 0. The van der Waals surface area contributed by atoms with Crippen LogP contribution < -0.4 is 11.3 Å². The van der Waals surface area contributed by atoms with Gasteiger partial charge >= 0.3 is 0 Å². The summed E-state index contributed by atoms with van der Waals surface area (Å²) >= 11 is 6.94. The minimum Gasteiger partial charge on any atom is -0.271 e. The maximum Gasteiger partial charge on any atom is 0.0654 e. The summed E-state index contributed by atoms with van der Waals surface area (Å²) < 4.78 is 2.09. The Hall–Kier alpha value is -0.160. The molecule has 0 bridgehead atoms. The molecule has 0 fully saturated rings. The van der Waals surface area contributed by atoms with Crippen LogP contribution in [0.3, 0.4) is 0 Å². The number of nitrogens with two attached hydrogens (primary N) is 1. The van der Waals surface area contributed by atoms with E-state index >= 15 is 0 Å². The second-order valence-corrected chi connectivity index (χ2v) is 5.32. The molecule has 1 atom stereocenters. The van der Waals surface area contributed by atoms with Crippen LogP contribution in [-0.2, 0) is 0 Å². The first-order valence-corrected chi connectivity index (χ1v) is 6.19. The van der Waals surface area contributed by atoms with Crippen LogP contribution in [0, 0.1) is 0 Å². The van der Waals surface area contributed by atoms with Crippen molar-refractivity contribution >= 4 is 31.9 Å². The Morgan fingerprint density at radius 3 is 2.53 bits per heavy atom. The Balaban J connectivity index is 3.07.